The van der Waals surface area contributed by atoms with Crippen molar-refractivity contribution in [3.8, 4) is 0 Å². The molecule has 0 aromatic heterocycles. The lowest BCUT2D eigenvalue weighted by Crippen LogP contribution is -2.33. The Morgan fingerprint density at radius 1 is 1.35 bits per heavy atom. The zero-order valence-corrected chi connectivity index (χ0v) is 11.1. The van der Waals surface area contributed by atoms with Gasteiger partial charge in [0.1, 0.15) is 0 Å². The Morgan fingerprint density at radius 2 is 2.18 bits per heavy atom. The SMILES string of the molecule is Nc1cccc(C(=O)N2CCCSCC2)c1Cl. The van der Waals surface area contributed by atoms with Gasteiger partial charge < -0.3 is 10.6 Å². The minimum absolute atomic E-state index is 0.00944. The third-order valence-corrected chi connectivity index (χ3v) is 4.24. The summed E-state index contributed by atoms with van der Waals surface area (Å²) in [5, 5.41) is 0.370. The first-order valence-electron chi connectivity index (χ1n) is 5.61. The number of benzene rings is 1. The molecule has 0 spiro atoms. The summed E-state index contributed by atoms with van der Waals surface area (Å²) in [6.07, 6.45) is 1.04. The number of anilines is 1. The van der Waals surface area contributed by atoms with Gasteiger partial charge in [0, 0.05) is 18.8 Å². The van der Waals surface area contributed by atoms with Crippen molar-refractivity contribution in [3.63, 3.8) is 0 Å². The number of nitrogens with zero attached hydrogens (tertiary/aromatic N) is 1. The number of hydrogen-bond acceptors (Lipinski definition) is 3. The second kappa shape index (κ2) is 5.65. The van der Waals surface area contributed by atoms with Gasteiger partial charge in [-0.1, -0.05) is 17.7 Å². The van der Waals surface area contributed by atoms with E-state index in [-0.39, 0.29) is 5.91 Å². The summed E-state index contributed by atoms with van der Waals surface area (Å²) in [5.41, 5.74) is 6.68. The Bertz CT molecular complexity index is 417. The number of nitrogen functional groups attached to an aromatic ring is 1. The van der Waals surface area contributed by atoms with E-state index in [9.17, 15) is 4.79 Å². The largest absolute Gasteiger partial charge is 0.398 e. The first-order valence-corrected chi connectivity index (χ1v) is 7.14. The van der Waals surface area contributed by atoms with Crippen molar-refractivity contribution in [2.24, 2.45) is 0 Å². The third-order valence-electron chi connectivity index (χ3n) is 2.77. The molecule has 92 valence electrons. The first-order chi connectivity index (χ1) is 8.20. The molecule has 1 aliphatic heterocycles. The van der Waals surface area contributed by atoms with Crippen molar-refractivity contribution in [1.29, 1.82) is 0 Å². The van der Waals surface area contributed by atoms with E-state index in [1.165, 1.54) is 0 Å². The Kier molecular flexibility index (Phi) is 4.18. The Morgan fingerprint density at radius 3 is 3.00 bits per heavy atom. The van der Waals surface area contributed by atoms with Crippen molar-refractivity contribution in [3.05, 3.63) is 28.8 Å². The zero-order valence-electron chi connectivity index (χ0n) is 9.49. The zero-order chi connectivity index (χ0) is 12.3. The molecule has 0 bridgehead atoms. The van der Waals surface area contributed by atoms with E-state index in [0.29, 0.717) is 16.3 Å². The minimum Gasteiger partial charge on any atom is -0.398 e. The molecular weight excluding hydrogens is 256 g/mol. The summed E-state index contributed by atoms with van der Waals surface area (Å²) >= 11 is 7.96. The number of nitrogens with two attached hydrogens (primary N) is 1. The maximum absolute atomic E-state index is 12.3. The smallest absolute Gasteiger partial charge is 0.255 e. The highest BCUT2D eigenvalue weighted by molar-refractivity contribution is 7.99. The van der Waals surface area contributed by atoms with Crippen molar-refractivity contribution >= 4 is 35.0 Å². The van der Waals surface area contributed by atoms with Gasteiger partial charge in [0.25, 0.3) is 5.91 Å². The number of hydrogen-bond donors (Lipinski definition) is 1. The van der Waals surface area contributed by atoms with Gasteiger partial charge in [-0.25, -0.2) is 0 Å². The fourth-order valence-corrected chi connectivity index (χ4v) is 2.93. The van der Waals surface area contributed by atoms with E-state index in [1.54, 1.807) is 18.2 Å². The molecule has 2 rings (SSSR count). The van der Waals surface area contributed by atoms with E-state index in [4.69, 9.17) is 17.3 Å². The van der Waals surface area contributed by atoms with E-state index in [0.717, 1.165) is 31.0 Å². The van der Waals surface area contributed by atoms with Gasteiger partial charge in [0.2, 0.25) is 0 Å². The molecule has 1 aromatic rings. The number of amides is 1. The van der Waals surface area contributed by atoms with Gasteiger partial charge in [-0.05, 0) is 24.3 Å². The van der Waals surface area contributed by atoms with Crippen molar-refractivity contribution < 1.29 is 4.79 Å². The lowest BCUT2D eigenvalue weighted by atomic mass is 10.1. The van der Waals surface area contributed by atoms with Crippen LogP contribution in [-0.2, 0) is 0 Å². The second-order valence-electron chi connectivity index (χ2n) is 3.97. The number of carbonyl (C=O) groups is 1. The van der Waals surface area contributed by atoms with Crippen LogP contribution >= 0.6 is 23.4 Å². The van der Waals surface area contributed by atoms with Gasteiger partial charge in [-0.2, -0.15) is 11.8 Å². The molecule has 3 nitrogen and oxygen atoms in total. The van der Waals surface area contributed by atoms with Crippen LogP contribution in [-0.4, -0.2) is 35.4 Å². The average molecular weight is 271 g/mol. The topological polar surface area (TPSA) is 46.3 Å². The summed E-state index contributed by atoms with van der Waals surface area (Å²) < 4.78 is 0. The molecule has 0 unspecified atom stereocenters. The predicted octanol–water partition coefficient (Wildman–Crippen LogP) is 2.50. The molecule has 0 saturated carbocycles. The first kappa shape index (κ1) is 12.6. The van der Waals surface area contributed by atoms with Crippen LogP contribution in [0.4, 0.5) is 5.69 Å². The van der Waals surface area contributed by atoms with Crippen LogP contribution in [0, 0.1) is 0 Å². The molecule has 1 heterocycles. The lowest BCUT2D eigenvalue weighted by molar-refractivity contribution is 0.0769. The minimum atomic E-state index is -0.00944. The highest BCUT2D eigenvalue weighted by atomic mass is 35.5. The van der Waals surface area contributed by atoms with Crippen LogP contribution in [0.25, 0.3) is 0 Å². The van der Waals surface area contributed by atoms with E-state index in [2.05, 4.69) is 0 Å². The van der Waals surface area contributed by atoms with Crippen molar-refractivity contribution in [2.45, 2.75) is 6.42 Å². The molecule has 0 radical (unpaired) electrons. The predicted molar refractivity (Wildman–Crippen MR) is 73.7 cm³/mol. The summed E-state index contributed by atoms with van der Waals surface area (Å²) in [5.74, 6) is 2.10. The van der Waals surface area contributed by atoms with Crippen LogP contribution in [0.2, 0.25) is 5.02 Å². The summed E-state index contributed by atoms with van der Waals surface area (Å²) in [4.78, 5) is 14.2. The number of rotatable bonds is 1. The summed E-state index contributed by atoms with van der Waals surface area (Å²) in [6, 6.07) is 5.21. The maximum atomic E-state index is 12.3. The van der Waals surface area contributed by atoms with E-state index in [1.807, 2.05) is 16.7 Å². The molecule has 2 N–H and O–H groups in total. The third kappa shape index (κ3) is 2.87. The lowest BCUT2D eigenvalue weighted by Gasteiger charge is -2.20. The molecule has 5 heteroatoms. The molecule has 1 aromatic carbocycles. The number of carbonyl (C=O) groups excluding carboxylic acids is 1. The van der Waals surface area contributed by atoms with Gasteiger partial charge in [0.05, 0.1) is 16.3 Å². The normalized spacial score (nSPS) is 16.6. The summed E-state index contributed by atoms with van der Waals surface area (Å²) in [6.45, 7) is 1.59. The maximum Gasteiger partial charge on any atom is 0.255 e. The fraction of sp³-hybridized carbons (Fsp3) is 0.417. The molecule has 1 aliphatic rings. The quantitative estimate of drug-likeness (QED) is 0.798. The van der Waals surface area contributed by atoms with Crippen molar-refractivity contribution in [1.82, 2.24) is 4.90 Å². The Hall–Kier alpha value is -0.870. The monoisotopic (exact) mass is 270 g/mol. The fourth-order valence-electron chi connectivity index (χ4n) is 1.83. The van der Waals surface area contributed by atoms with Crippen LogP contribution < -0.4 is 5.73 Å². The number of halogens is 1. The Labute approximate surface area is 110 Å². The molecular formula is C12H15ClN2OS. The molecule has 17 heavy (non-hydrogen) atoms. The van der Waals surface area contributed by atoms with Crippen LogP contribution in [0.5, 0.6) is 0 Å². The highest BCUT2D eigenvalue weighted by Crippen LogP contribution is 2.25. The highest BCUT2D eigenvalue weighted by Gasteiger charge is 2.20. The second-order valence-corrected chi connectivity index (χ2v) is 5.57. The molecule has 0 aliphatic carbocycles. The van der Waals surface area contributed by atoms with Crippen molar-refractivity contribution in [2.75, 3.05) is 30.3 Å². The van der Waals surface area contributed by atoms with Gasteiger partial charge in [0.15, 0.2) is 0 Å². The van der Waals surface area contributed by atoms with Gasteiger partial charge >= 0.3 is 0 Å². The number of thioether (sulfide) groups is 1. The summed E-state index contributed by atoms with van der Waals surface area (Å²) in [7, 11) is 0. The van der Waals surface area contributed by atoms with Crippen LogP contribution in [0.1, 0.15) is 16.8 Å². The molecule has 0 atom stereocenters. The van der Waals surface area contributed by atoms with Gasteiger partial charge in [-0.3, -0.25) is 4.79 Å². The van der Waals surface area contributed by atoms with Crippen LogP contribution in [0.15, 0.2) is 18.2 Å². The Balaban J connectivity index is 2.20. The van der Waals surface area contributed by atoms with E-state index < -0.39 is 0 Å². The van der Waals surface area contributed by atoms with Crippen LogP contribution in [0.3, 0.4) is 0 Å². The van der Waals surface area contributed by atoms with Gasteiger partial charge in [-0.15, -0.1) is 0 Å². The molecule has 1 fully saturated rings. The average Bonchev–Trinajstić information content (AvgIpc) is 2.60. The molecule has 1 saturated heterocycles. The molecule has 1 amide bonds. The standard InChI is InChI=1S/C12H15ClN2OS/c13-11-9(3-1-4-10(11)14)12(16)15-5-2-7-17-8-6-15/h1,3-4H,2,5-8,14H2. The van der Waals surface area contributed by atoms with E-state index >= 15 is 0 Å².